The van der Waals surface area contributed by atoms with Gasteiger partial charge in [0.15, 0.2) is 0 Å². The van der Waals surface area contributed by atoms with Crippen LogP contribution in [0, 0.1) is 5.92 Å². The Labute approximate surface area is 97.4 Å². The molecule has 0 aliphatic rings. The van der Waals surface area contributed by atoms with Crippen LogP contribution in [0.15, 0.2) is 0 Å². The van der Waals surface area contributed by atoms with Gasteiger partial charge in [-0.3, -0.25) is 9.59 Å². The lowest BCUT2D eigenvalue weighted by Crippen LogP contribution is -2.36. The Kier molecular flexibility index (Phi) is 8.03. The third-order valence-electron chi connectivity index (χ3n) is 2.79. The van der Waals surface area contributed by atoms with E-state index in [-0.39, 0.29) is 30.1 Å². The Morgan fingerprint density at radius 1 is 1.31 bits per heavy atom. The van der Waals surface area contributed by atoms with Gasteiger partial charge in [0.25, 0.3) is 0 Å². The minimum absolute atomic E-state index is 0.0501. The van der Waals surface area contributed by atoms with Crippen LogP contribution in [0.4, 0.5) is 0 Å². The van der Waals surface area contributed by atoms with Crippen LogP contribution >= 0.6 is 0 Å². The lowest BCUT2D eigenvalue weighted by Gasteiger charge is -2.15. The van der Waals surface area contributed by atoms with Gasteiger partial charge in [0.05, 0.1) is 12.6 Å². The molecule has 0 spiro atoms. The average Bonchev–Trinajstić information content (AvgIpc) is 2.25. The number of likely N-dealkylation sites (N-methyl/N-ethyl adjacent to an activating group) is 1. The molecular weight excluding hydrogens is 206 g/mol. The third-order valence-corrected chi connectivity index (χ3v) is 2.79. The minimum atomic E-state index is -0.269. The molecule has 0 aliphatic heterocycles. The van der Waals surface area contributed by atoms with E-state index in [9.17, 15) is 9.59 Å². The molecule has 0 heterocycles. The molecule has 0 rings (SSSR count). The van der Waals surface area contributed by atoms with Crippen LogP contribution in [-0.4, -0.2) is 35.9 Å². The van der Waals surface area contributed by atoms with Gasteiger partial charge in [-0.2, -0.15) is 0 Å². The van der Waals surface area contributed by atoms with Crippen LogP contribution in [-0.2, 0) is 9.59 Å². The quantitative estimate of drug-likeness (QED) is 0.617. The van der Waals surface area contributed by atoms with E-state index in [4.69, 9.17) is 5.11 Å². The predicted molar refractivity (Wildman–Crippen MR) is 63.3 cm³/mol. The fourth-order valence-corrected chi connectivity index (χ4v) is 1.64. The van der Waals surface area contributed by atoms with Crippen LogP contribution in [0.1, 0.15) is 40.0 Å². The van der Waals surface area contributed by atoms with Gasteiger partial charge in [0, 0.05) is 12.3 Å². The van der Waals surface area contributed by atoms with Gasteiger partial charge in [-0.15, -0.1) is 0 Å². The summed E-state index contributed by atoms with van der Waals surface area (Å²) in [7, 11) is 0. The molecule has 4 nitrogen and oxygen atoms in total. The number of nitrogens with one attached hydrogen (secondary N) is 1. The molecule has 2 unspecified atom stereocenters. The number of hydrogen-bond donors (Lipinski definition) is 2. The van der Waals surface area contributed by atoms with E-state index in [1.807, 2.05) is 13.8 Å². The highest BCUT2D eigenvalue weighted by Gasteiger charge is 2.19. The summed E-state index contributed by atoms with van der Waals surface area (Å²) in [5.41, 5.74) is 0. The molecule has 0 saturated heterocycles. The zero-order valence-corrected chi connectivity index (χ0v) is 10.5. The first-order valence-electron chi connectivity index (χ1n) is 5.94. The fourth-order valence-electron chi connectivity index (χ4n) is 1.64. The van der Waals surface area contributed by atoms with E-state index in [1.165, 1.54) is 6.92 Å². The van der Waals surface area contributed by atoms with Crippen LogP contribution in [0.3, 0.4) is 0 Å². The third kappa shape index (κ3) is 5.37. The maximum absolute atomic E-state index is 11.6. The Bertz CT molecular complexity index is 224. The lowest BCUT2D eigenvalue weighted by atomic mass is 9.96. The number of ketones is 2. The first-order valence-corrected chi connectivity index (χ1v) is 5.94. The zero-order chi connectivity index (χ0) is 12.6. The zero-order valence-electron chi connectivity index (χ0n) is 10.5. The van der Waals surface area contributed by atoms with Crippen LogP contribution in [0.2, 0.25) is 0 Å². The molecule has 16 heavy (non-hydrogen) atoms. The Morgan fingerprint density at radius 2 is 1.94 bits per heavy atom. The van der Waals surface area contributed by atoms with Crippen molar-refractivity contribution in [3.63, 3.8) is 0 Å². The fraction of sp³-hybridized carbons (Fsp3) is 0.833. The SMILES string of the molecule is CCNC(CCC(=O)C(CC)CO)C(C)=O. The van der Waals surface area contributed by atoms with Crippen LogP contribution in [0.25, 0.3) is 0 Å². The van der Waals surface area contributed by atoms with E-state index in [1.54, 1.807) is 0 Å². The summed E-state index contributed by atoms with van der Waals surface area (Å²) in [4.78, 5) is 22.9. The molecule has 0 radical (unpaired) electrons. The second-order valence-electron chi connectivity index (χ2n) is 4.01. The van der Waals surface area contributed by atoms with E-state index < -0.39 is 0 Å². The van der Waals surface area contributed by atoms with Crippen molar-refractivity contribution >= 4 is 11.6 Å². The molecule has 0 aliphatic carbocycles. The minimum Gasteiger partial charge on any atom is -0.396 e. The molecule has 4 heteroatoms. The largest absolute Gasteiger partial charge is 0.396 e. The summed E-state index contributed by atoms with van der Waals surface area (Å²) in [5.74, 6) is -0.157. The number of carbonyl (C=O) groups excluding carboxylic acids is 2. The maximum Gasteiger partial charge on any atom is 0.146 e. The highest BCUT2D eigenvalue weighted by molar-refractivity contribution is 5.84. The Morgan fingerprint density at radius 3 is 2.31 bits per heavy atom. The molecular formula is C12H23NO3. The van der Waals surface area contributed by atoms with Crippen LogP contribution in [0.5, 0.6) is 0 Å². The summed E-state index contributed by atoms with van der Waals surface area (Å²) in [5, 5.41) is 12.0. The van der Waals surface area contributed by atoms with Gasteiger partial charge in [0.2, 0.25) is 0 Å². The highest BCUT2D eigenvalue weighted by Crippen LogP contribution is 2.09. The smallest absolute Gasteiger partial charge is 0.146 e. The van der Waals surface area contributed by atoms with Crippen molar-refractivity contribution in [3.8, 4) is 0 Å². The molecule has 0 aromatic heterocycles. The Balaban J connectivity index is 4.09. The van der Waals surface area contributed by atoms with Gasteiger partial charge in [-0.25, -0.2) is 0 Å². The second kappa shape index (κ2) is 8.42. The van der Waals surface area contributed by atoms with Gasteiger partial charge in [-0.1, -0.05) is 13.8 Å². The number of Topliss-reactive ketones (excluding diaryl/α,β-unsaturated/α-hetero) is 2. The standard InChI is InChI=1S/C12H23NO3/c1-4-10(8-14)12(16)7-6-11(9(3)15)13-5-2/h10-11,13-14H,4-8H2,1-3H3. The number of aliphatic hydroxyl groups excluding tert-OH is 1. The van der Waals surface area contributed by atoms with Gasteiger partial charge in [-0.05, 0) is 26.3 Å². The van der Waals surface area contributed by atoms with Gasteiger partial charge < -0.3 is 10.4 Å². The van der Waals surface area contributed by atoms with E-state index in [0.717, 1.165) is 6.54 Å². The monoisotopic (exact) mass is 229 g/mol. The van der Waals surface area contributed by atoms with E-state index in [2.05, 4.69) is 5.32 Å². The summed E-state index contributed by atoms with van der Waals surface area (Å²) >= 11 is 0. The van der Waals surface area contributed by atoms with Gasteiger partial charge >= 0.3 is 0 Å². The lowest BCUT2D eigenvalue weighted by molar-refractivity contribution is -0.124. The first-order chi connectivity index (χ1) is 7.56. The van der Waals surface area contributed by atoms with Crippen LogP contribution < -0.4 is 5.32 Å². The molecule has 0 aromatic carbocycles. The molecule has 2 N–H and O–H groups in total. The van der Waals surface area contributed by atoms with Crippen molar-refractivity contribution in [1.29, 1.82) is 0 Å². The summed E-state index contributed by atoms with van der Waals surface area (Å²) in [6, 6.07) is -0.231. The predicted octanol–water partition coefficient (Wildman–Crippen LogP) is 0.921. The Hall–Kier alpha value is -0.740. The highest BCUT2D eigenvalue weighted by atomic mass is 16.3. The van der Waals surface area contributed by atoms with Crippen molar-refractivity contribution in [3.05, 3.63) is 0 Å². The topological polar surface area (TPSA) is 66.4 Å². The number of aliphatic hydroxyl groups is 1. The molecule has 0 amide bonds. The van der Waals surface area contributed by atoms with Crippen molar-refractivity contribution in [1.82, 2.24) is 5.32 Å². The molecule has 94 valence electrons. The average molecular weight is 229 g/mol. The summed E-state index contributed by atoms with van der Waals surface area (Å²) in [6.45, 7) is 5.96. The van der Waals surface area contributed by atoms with Crippen molar-refractivity contribution in [2.45, 2.75) is 46.1 Å². The number of carbonyl (C=O) groups is 2. The maximum atomic E-state index is 11.6. The molecule has 0 aromatic rings. The summed E-state index contributed by atoms with van der Waals surface area (Å²) < 4.78 is 0. The number of hydrogen-bond acceptors (Lipinski definition) is 4. The van der Waals surface area contributed by atoms with E-state index in [0.29, 0.717) is 19.3 Å². The first kappa shape index (κ1) is 15.3. The molecule has 0 fully saturated rings. The van der Waals surface area contributed by atoms with E-state index >= 15 is 0 Å². The molecule has 2 atom stereocenters. The van der Waals surface area contributed by atoms with Crippen molar-refractivity contribution < 1.29 is 14.7 Å². The second-order valence-corrected chi connectivity index (χ2v) is 4.01. The molecule has 0 saturated carbocycles. The number of rotatable bonds is 9. The summed E-state index contributed by atoms with van der Waals surface area (Å²) in [6.07, 6.45) is 1.54. The van der Waals surface area contributed by atoms with Crippen molar-refractivity contribution in [2.24, 2.45) is 5.92 Å². The molecule has 0 bridgehead atoms. The van der Waals surface area contributed by atoms with Crippen molar-refractivity contribution in [2.75, 3.05) is 13.2 Å². The normalized spacial score (nSPS) is 14.5. The van der Waals surface area contributed by atoms with Gasteiger partial charge in [0.1, 0.15) is 11.6 Å².